The predicted octanol–water partition coefficient (Wildman–Crippen LogP) is 3.28. The minimum absolute atomic E-state index is 0.386. The third kappa shape index (κ3) is 3.14. The van der Waals surface area contributed by atoms with Gasteiger partial charge in [0.25, 0.3) is 0 Å². The maximum Gasteiger partial charge on any atom is 0.339 e. The Kier molecular flexibility index (Phi) is 4.77. The van der Waals surface area contributed by atoms with E-state index in [0.29, 0.717) is 24.4 Å². The standard InChI is InChI=1S/C25H21N5O2/c26-22-10-5-14-29-21(17-28-23(22)29)12-11-18-6-4-9-20(16-18)25(19-7-2-1-3-8-19)13-15-32-30(25)24(27)31/h1-10,14,16-17H,13,15,26H2,(H2,27,31). The number of imidazole rings is 1. The second kappa shape index (κ2) is 7.76. The third-order valence-corrected chi connectivity index (χ3v) is 5.72. The van der Waals surface area contributed by atoms with Gasteiger partial charge in [0.2, 0.25) is 0 Å². The van der Waals surface area contributed by atoms with E-state index in [4.69, 9.17) is 16.3 Å². The molecule has 1 atom stereocenters. The van der Waals surface area contributed by atoms with E-state index in [9.17, 15) is 4.79 Å². The average Bonchev–Trinajstić information content (AvgIpc) is 3.45. The molecule has 2 aromatic heterocycles. The first kappa shape index (κ1) is 19.7. The SMILES string of the molecule is NC(=O)N1OCCC1(c1ccccc1)c1cccc(C#Cc2cnc3c(N)cccn23)c1. The lowest BCUT2D eigenvalue weighted by atomic mass is 9.80. The van der Waals surface area contributed by atoms with E-state index >= 15 is 0 Å². The van der Waals surface area contributed by atoms with Gasteiger partial charge in [-0.15, -0.1) is 0 Å². The summed E-state index contributed by atoms with van der Waals surface area (Å²) in [7, 11) is 0. The van der Waals surface area contributed by atoms with Crippen LogP contribution in [0.15, 0.2) is 79.1 Å². The second-order valence-electron chi connectivity index (χ2n) is 7.57. The number of hydrogen-bond donors (Lipinski definition) is 2. The summed E-state index contributed by atoms with van der Waals surface area (Å²) in [5.41, 5.74) is 15.5. The number of carbonyl (C=O) groups is 1. The quantitative estimate of drug-likeness (QED) is 0.484. The number of hydroxylamine groups is 2. The van der Waals surface area contributed by atoms with E-state index in [1.807, 2.05) is 71.3 Å². The van der Waals surface area contributed by atoms with Crippen LogP contribution in [0.2, 0.25) is 0 Å². The number of benzene rings is 2. The first-order valence-electron chi connectivity index (χ1n) is 10.2. The first-order chi connectivity index (χ1) is 15.6. The molecule has 0 radical (unpaired) electrons. The number of hydrogen-bond acceptors (Lipinski definition) is 4. The van der Waals surface area contributed by atoms with Gasteiger partial charge in [0.15, 0.2) is 5.65 Å². The van der Waals surface area contributed by atoms with Gasteiger partial charge in [0.05, 0.1) is 18.5 Å². The lowest BCUT2D eigenvalue weighted by molar-refractivity contribution is -0.107. The maximum atomic E-state index is 12.3. The largest absolute Gasteiger partial charge is 0.396 e. The fourth-order valence-electron chi connectivity index (χ4n) is 4.27. The zero-order valence-corrected chi connectivity index (χ0v) is 17.2. The van der Waals surface area contributed by atoms with Gasteiger partial charge in [0.1, 0.15) is 11.2 Å². The van der Waals surface area contributed by atoms with Crippen molar-refractivity contribution in [2.45, 2.75) is 12.0 Å². The number of carbonyl (C=O) groups excluding carboxylic acids is 1. The summed E-state index contributed by atoms with van der Waals surface area (Å²) < 4.78 is 1.86. The van der Waals surface area contributed by atoms with E-state index < -0.39 is 11.6 Å². The molecule has 1 aliphatic heterocycles. The van der Waals surface area contributed by atoms with Crippen molar-refractivity contribution in [1.82, 2.24) is 14.4 Å². The summed E-state index contributed by atoms with van der Waals surface area (Å²) >= 11 is 0. The molecule has 32 heavy (non-hydrogen) atoms. The summed E-state index contributed by atoms with van der Waals surface area (Å²) in [5.74, 6) is 6.38. The number of aromatic nitrogens is 2. The molecular weight excluding hydrogens is 402 g/mol. The summed E-state index contributed by atoms with van der Waals surface area (Å²) in [5, 5.41) is 1.28. The van der Waals surface area contributed by atoms with Crippen molar-refractivity contribution >= 4 is 17.4 Å². The molecule has 158 valence electrons. The summed E-state index contributed by atoms with van der Waals surface area (Å²) in [6.07, 6.45) is 4.17. The molecular formula is C25H21N5O2. The van der Waals surface area contributed by atoms with Crippen LogP contribution in [0.25, 0.3) is 5.65 Å². The number of rotatable bonds is 2. The van der Waals surface area contributed by atoms with E-state index in [-0.39, 0.29) is 0 Å². The number of primary amides is 1. The van der Waals surface area contributed by atoms with Gasteiger partial charge in [-0.25, -0.2) is 9.78 Å². The van der Waals surface area contributed by atoms with Gasteiger partial charge in [-0.3, -0.25) is 9.24 Å². The highest BCUT2D eigenvalue weighted by molar-refractivity contribution is 5.73. The molecule has 5 rings (SSSR count). The summed E-state index contributed by atoms with van der Waals surface area (Å²) in [6.45, 7) is 0.386. The Morgan fingerprint density at radius 1 is 1.03 bits per heavy atom. The molecule has 0 spiro atoms. The van der Waals surface area contributed by atoms with Gasteiger partial charge >= 0.3 is 6.03 Å². The van der Waals surface area contributed by atoms with Gasteiger partial charge in [0, 0.05) is 18.2 Å². The van der Waals surface area contributed by atoms with E-state index in [2.05, 4.69) is 16.8 Å². The summed E-state index contributed by atoms with van der Waals surface area (Å²) in [4.78, 5) is 22.3. The van der Waals surface area contributed by atoms with Crippen molar-refractivity contribution in [1.29, 1.82) is 0 Å². The third-order valence-electron chi connectivity index (χ3n) is 5.72. The molecule has 0 saturated carbocycles. The molecule has 2 aromatic carbocycles. The van der Waals surface area contributed by atoms with Gasteiger partial charge < -0.3 is 11.5 Å². The molecule has 3 heterocycles. The van der Waals surface area contributed by atoms with Gasteiger partial charge in [-0.2, -0.15) is 5.06 Å². The molecule has 4 aromatic rings. The highest BCUT2D eigenvalue weighted by Crippen LogP contribution is 2.43. The minimum atomic E-state index is -0.817. The van der Waals surface area contributed by atoms with Crippen molar-refractivity contribution in [3.8, 4) is 11.8 Å². The summed E-state index contributed by atoms with van der Waals surface area (Å²) in [6, 6.07) is 20.6. The Morgan fingerprint density at radius 3 is 2.66 bits per heavy atom. The lowest BCUT2D eigenvalue weighted by Gasteiger charge is -2.36. The fraction of sp³-hybridized carbons (Fsp3) is 0.120. The Hall–Kier alpha value is -4.28. The van der Waals surface area contributed by atoms with Crippen LogP contribution in [0.4, 0.5) is 10.5 Å². The van der Waals surface area contributed by atoms with Crippen LogP contribution in [0.1, 0.15) is 28.8 Å². The molecule has 1 aliphatic rings. The Morgan fingerprint density at radius 2 is 1.84 bits per heavy atom. The minimum Gasteiger partial charge on any atom is -0.396 e. The van der Waals surface area contributed by atoms with Crippen molar-refractivity contribution in [2.75, 3.05) is 12.3 Å². The number of pyridine rings is 1. The molecule has 4 N–H and O–H groups in total. The van der Waals surface area contributed by atoms with Gasteiger partial charge in [-0.05, 0) is 41.3 Å². The highest BCUT2D eigenvalue weighted by atomic mass is 16.7. The molecule has 0 aliphatic carbocycles. The fourth-order valence-corrected chi connectivity index (χ4v) is 4.27. The topological polar surface area (TPSA) is 98.9 Å². The van der Waals surface area contributed by atoms with Crippen LogP contribution < -0.4 is 11.5 Å². The van der Waals surface area contributed by atoms with Gasteiger partial charge in [-0.1, -0.05) is 48.4 Å². The lowest BCUT2D eigenvalue weighted by Crippen LogP contribution is -2.47. The first-order valence-corrected chi connectivity index (χ1v) is 10.2. The van der Waals surface area contributed by atoms with Crippen LogP contribution in [0.3, 0.4) is 0 Å². The highest BCUT2D eigenvalue weighted by Gasteiger charge is 2.47. The van der Waals surface area contributed by atoms with Crippen molar-refractivity contribution in [3.05, 3.63) is 102 Å². The number of anilines is 1. The number of nitrogens with zero attached hydrogens (tertiary/aromatic N) is 3. The number of fused-ring (bicyclic) bond motifs is 1. The van der Waals surface area contributed by atoms with Crippen LogP contribution in [-0.2, 0) is 10.4 Å². The van der Waals surface area contributed by atoms with E-state index in [1.165, 1.54) is 5.06 Å². The number of urea groups is 1. The van der Waals surface area contributed by atoms with Crippen LogP contribution in [0, 0.1) is 11.8 Å². The normalized spacial score (nSPS) is 17.8. The Labute approximate surface area is 185 Å². The zero-order chi connectivity index (χ0) is 22.1. The smallest absolute Gasteiger partial charge is 0.339 e. The maximum absolute atomic E-state index is 12.3. The molecule has 1 fully saturated rings. The second-order valence-corrected chi connectivity index (χ2v) is 7.57. The number of nitrogen functional groups attached to an aromatic ring is 1. The molecule has 1 unspecified atom stereocenters. The monoisotopic (exact) mass is 423 g/mol. The molecule has 1 saturated heterocycles. The number of nitrogens with two attached hydrogens (primary N) is 2. The Balaban J connectivity index is 1.59. The van der Waals surface area contributed by atoms with Crippen molar-refractivity contribution < 1.29 is 9.63 Å². The van der Waals surface area contributed by atoms with Crippen LogP contribution >= 0.6 is 0 Å². The number of amides is 2. The van der Waals surface area contributed by atoms with Crippen molar-refractivity contribution in [2.24, 2.45) is 5.73 Å². The predicted molar refractivity (Wildman–Crippen MR) is 121 cm³/mol. The van der Waals surface area contributed by atoms with E-state index in [1.54, 1.807) is 12.3 Å². The molecule has 7 nitrogen and oxygen atoms in total. The van der Waals surface area contributed by atoms with E-state index in [0.717, 1.165) is 22.4 Å². The molecule has 2 amide bonds. The average molecular weight is 423 g/mol. The zero-order valence-electron chi connectivity index (χ0n) is 17.2. The molecule has 0 bridgehead atoms. The molecule has 7 heteroatoms. The Bertz CT molecular complexity index is 1370. The van der Waals surface area contributed by atoms with Crippen LogP contribution in [0.5, 0.6) is 0 Å². The van der Waals surface area contributed by atoms with Crippen molar-refractivity contribution in [3.63, 3.8) is 0 Å². The van der Waals surface area contributed by atoms with Crippen LogP contribution in [-0.4, -0.2) is 27.1 Å².